The van der Waals surface area contributed by atoms with Gasteiger partial charge in [0.25, 0.3) is 0 Å². The van der Waals surface area contributed by atoms with Crippen LogP contribution in [-0.4, -0.2) is 5.54 Å². The number of hydrogen-bond acceptors (Lipinski definition) is 2. The molecule has 0 spiro atoms. The van der Waals surface area contributed by atoms with E-state index in [9.17, 15) is 0 Å². The van der Waals surface area contributed by atoms with Gasteiger partial charge in [0.2, 0.25) is 0 Å². The fraction of sp³-hybridized carbons (Fsp3) is 0.520. The molecule has 2 nitrogen and oxygen atoms in total. The molecule has 1 N–H and O–H groups in total. The molecule has 2 aromatic carbocycles. The number of rotatable bonds is 6. The molecule has 0 radical (unpaired) electrons. The molecule has 0 heterocycles. The van der Waals surface area contributed by atoms with Crippen LogP contribution in [0.4, 0.5) is 0 Å². The summed E-state index contributed by atoms with van der Waals surface area (Å²) in [4.78, 5) is 0. The first-order valence-corrected chi connectivity index (χ1v) is 10.7. The van der Waals surface area contributed by atoms with Gasteiger partial charge in [0, 0.05) is 12.1 Å². The fourth-order valence-corrected chi connectivity index (χ4v) is 6.31. The Morgan fingerprint density at radius 2 is 1.59 bits per heavy atom. The van der Waals surface area contributed by atoms with Crippen LogP contribution in [-0.2, 0) is 13.2 Å². The van der Waals surface area contributed by atoms with E-state index < -0.39 is 0 Å². The minimum atomic E-state index is 0.434. The highest BCUT2D eigenvalue weighted by molar-refractivity contribution is 5.35. The van der Waals surface area contributed by atoms with Crippen LogP contribution >= 0.6 is 0 Å². The van der Waals surface area contributed by atoms with Crippen molar-refractivity contribution in [1.82, 2.24) is 5.32 Å². The third-order valence-corrected chi connectivity index (χ3v) is 7.25. The van der Waals surface area contributed by atoms with Gasteiger partial charge in [-0.05, 0) is 92.0 Å². The summed E-state index contributed by atoms with van der Waals surface area (Å²) in [6.07, 6.45) is 8.76. The zero-order chi connectivity index (χ0) is 18.3. The SMILES string of the molecule is Cc1cc(OCc2ccccc2)ccc1CNC12CC3CC(CC(C3)C1)C2. The van der Waals surface area contributed by atoms with Crippen molar-refractivity contribution in [3.63, 3.8) is 0 Å². The molecule has 4 saturated carbocycles. The van der Waals surface area contributed by atoms with Crippen molar-refractivity contribution in [3.8, 4) is 5.75 Å². The van der Waals surface area contributed by atoms with Crippen molar-refractivity contribution < 1.29 is 4.74 Å². The molecular formula is C25H31NO. The van der Waals surface area contributed by atoms with Crippen molar-refractivity contribution in [2.45, 2.75) is 64.1 Å². The van der Waals surface area contributed by atoms with Crippen molar-refractivity contribution in [3.05, 3.63) is 65.2 Å². The second kappa shape index (κ2) is 6.98. The minimum absolute atomic E-state index is 0.434. The smallest absolute Gasteiger partial charge is 0.120 e. The van der Waals surface area contributed by atoms with Gasteiger partial charge in [-0.1, -0.05) is 36.4 Å². The van der Waals surface area contributed by atoms with Gasteiger partial charge < -0.3 is 10.1 Å². The molecule has 0 amide bonds. The van der Waals surface area contributed by atoms with Crippen LogP contribution in [0.3, 0.4) is 0 Å². The van der Waals surface area contributed by atoms with E-state index in [-0.39, 0.29) is 0 Å². The highest BCUT2D eigenvalue weighted by atomic mass is 16.5. The number of aryl methyl sites for hydroxylation is 1. The summed E-state index contributed by atoms with van der Waals surface area (Å²) in [5, 5.41) is 4.02. The molecule has 27 heavy (non-hydrogen) atoms. The lowest BCUT2D eigenvalue weighted by Gasteiger charge is -2.57. The van der Waals surface area contributed by atoms with Gasteiger partial charge in [-0.15, -0.1) is 0 Å². The maximum atomic E-state index is 5.99. The topological polar surface area (TPSA) is 21.3 Å². The van der Waals surface area contributed by atoms with Crippen LogP contribution in [0, 0.1) is 24.7 Å². The Morgan fingerprint density at radius 3 is 2.22 bits per heavy atom. The first-order valence-electron chi connectivity index (χ1n) is 10.7. The lowest BCUT2D eigenvalue weighted by molar-refractivity contribution is -0.0206. The van der Waals surface area contributed by atoms with E-state index in [1.165, 1.54) is 55.2 Å². The summed E-state index contributed by atoms with van der Waals surface area (Å²) in [7, 11) is 0. The Bertz CT molecular complexity index is 762. The molecule has 0 aliphatic heterocycles. The molecule has 142 valence electrons. The molecule has 2 heteroatoms. The molecule has 4 fully saturated rings. The van der Waals surface area contributed by atoms with Crippen molar-refractivity contribution >= 4 is 0 Å². The Hall–Kier alpha value is -1.80. The highest BCUT2D eigenvalue weighted by Crippen LogP contribution is 2.55. The lowest BCUT2D eigenvalue weighted by atomic mass is 9.53. The Labute approximate surface area is 163 Å². The van der Waals surface area contributed by atoms with E-state index >= 15 is 0 Å². The molecule has 0 atom stereocenters. The second-order valence-electron chi connectivity index (χ2n) is 9.41. The molecule has 4 bridgehead atoms. The van der Waals surface area contributed by atoms with Crippen molar-refractivity contribution in [1.29, 1.82) is 0 Å². The number of benzene rings is 2. The van der Waals surface area contributed by atoms with Crippen LogP contribution in [0.15, 0.2) is 48.5 Å². The monoisotopic (exact) mass is 361 g/mol. The third-order valence-electron chi connectivity index (χ3n) is 7.25. The predicted octanol–water partition coefficient (Wildman–Crippen LogP) is 5.63. The van der Waals surface area contributed by atoms with E-state index in [1.807, 2.05) is 6.07 Å². The molecule has 0 unspecified atom stereocenters. The molecule has 0 aromatic heterocycles. The first kappa shape index (κ1) is 17.3. The van der Waals surface area contributed by atoms with E-state index in [2.05, 4.69) is 54.7 Å². The van der Waals surface area contributed by atoms with Gasteiger partial charge >= 0.3 is 0 Å². The minimum Gasteiger partial charge on any atom is -0.489 e. The highest BCUT2D eigenvalue weighted by Gasteiger charge is 2.50. The van der Waals surface area contributed by atoms with Crippen LogP contribution in [0.5, 0.6) is 5.75 Å². The van der Waals surface area contributed by atoms with Crippen LogP contribution in [0.25, 0.3) is 0 Å². The number of nitrogens with one attached hydrogen (secondary N) is 1. The largest absolute Gasteiger partial charge is 0.489 e. The van der Waals surface area contributed by atoms with Gasteiger partial charge in [0.05, 0.1) is 0 Å². The average molecular weight is 362 g/mol. The Morgan fingerprint density at radius 1 is 0.926 bits per heavy atom. The number of ether oxygens (including phenoxy) is 1. The van der Waals surface area contributed by atoms with Crippen LogP contribution < -0.4 is 10.1 Å². The van der Waals surface area contributed by atoms with E-state index in [1.54, 1.807) is 0 Å². The third kappa shape index (κ3) is 3.65. The van der Waals surface area contributed by atoms with Crippen LogP contribution in [0.2, 0.25) is 0 Å². The summed E-state index contributed by atoms with van der Waals surface area (Å²) in [5.74, 6) is 3.96. The number of hydrogen-bond donors (Lipinski definition) is 1. The van der Waals surface area contributed by atoms with Gasteiger partial charge in [0.15, 0.2) is 0 Å². The summed E-state index contributed by atoms with van der Waals surface area (Å²) >= 11 is 0. The fourth-order valence-electron chi connectivity index (χ4n) is 6.31. The van der Waals surface area contributed by atoms with E-state index in [0.717, 1.165) is 30.0 Å². The predicted molar refractivity (Wildman–Crippen MR) is 110 cm³/mol. The summed E-state index contributed by atoms with van der Waals surface area (Å²) in [5.41, 5.74) is 4.39. The molecule has 4 aliphatic carbocycles. The average Bonchev–Trinajstić information content (AvgIpc) is 2.65. The molecule has 2 aromatic rings. The zero-order valence-corrected chi connectivity index (χ0v) is 16.4. The zero-order valence-electron chi connectivity index (χ0n) is 16.4. The summed E-state index contributed by atoms with van der Waals surface area (Å²) in [6.45, 7) is 3.84. The van der Waals surface area contributed by atoms with Crippen LogP contribution in [0.1, 0.15) is 55.2 Å². The normalized spacial score (nSPS) is 31.2. The van der Waals surface area contributed by atoms with Crippen molar-refractivity contribution in [2.75, 3.05) is 0 Å². The maximum absolute atomic E-state index is 5.99. The summed E-state index contributed by atoms with van der Waals surface area (Å²) in [6, 6.07) is 17.0. The first-order chi connectivity index (χ1) is 13.2. The van der Waals surface area contributed by atoms with Gasteiger partial charge in [-0.3, -0.25) is 0 Å². The molecular weight excluding hydrogens is 330 g/mol. The summed E-state index contributed by atoms with van der Waals surface area (Å²) < 4.78 is 5.99. The Kier molecular flexibility index (Phi) is 4.47. The Balaban J connectivity index is 1.21. The lowest BCUT2D eigenvalue weighted by Crippen LogP contribution is -2.58. The molecule has 0 saturated heterocycles. The standard InChI is InChI=1S/C25H31NO/c1-18-9-24(27-17-19-5-3-2-4-6-19)8-7-23(18)16-26-25-13-20-10-21(14-25)12-22(11-20)15-25/h2-9,20-22,26H,10-17H2,1H3. The van der Waals surface area contributed by atoms with E-state index in [4.69, 9.17) is 4.74 Å². The second-order valence-corrected chi connectivity index (χ2v) is 9.41. The van der Waals surface area contributed by atoms with E-state index in [0.29, 0.717) is 12.1 Å². The molecule has 4 aliphatic rings. The van der Waals surface area contributed by atoms with Gasteiger partial charge in [-0.25, -0.2) is 0 Å². The quantitative estimate of drug-likeness (QED) is 0.720. The molecule has 6 rings (SSSR count). The van der Waals surface area contributed by atoms with Gasteiger partial charge in [0.1, 0.15) is 12.4 Å². The van der Waals surface area contributed by atoms with Crippen molar-refractivity contribution in [2.24, 2.45) is 17.8 Å². The van der Waals surface area contributed by atoms with Gasteiger partial charge in [-0.2, -0.15) is 0 Å². The maximum Gasteiger partial charge on any atom is 0.120 e.